The molecule has 2 nitrogen and oxygen atoms in total. The number of rotatable bonds is 1. The average molecular weight is 249 g/mol. The molecule has 3 heterocycles. The Labute approximate surface area is 102 Å². The standard InChI is InChI=1S/C12H9ClN2S/c1-8-4-5-11(16-8)12-14-7-10-9(13)3-2-6-15(10)12/h2-7H,1H3. The molecule has 0 unspecified atom stereocenters. The first-order valence-corrected chi connectivity index (χ1v) is 6.13. The van der Waals surface area contributed by atoms with E-state index < -0.39 is 0 Å². The van der Waals surface area contributed by atoms with Crippen LogP contribution < -0.4 is 0 Å². The van der Waals surface area contributed by atoms with Crippen LogP contribution in [0.2, 0.25) is 5.02 Å². The van der Waals surface area contributed by atoms with E-state index >= 15 is 0 Å². The van der Waals surface area contributed by atoms with Gasteiger partial charge in [-0.25, -0.2) is 4.98 Å². The smallest absolute Gasteiger partial charge is 0.154 e. The van der Waals surface area contributed by atoms with E-state index in [1.54, 1.807) is 11.3 Å². The van der Waals surface area contributed by atoms with Gasteiger partial charge in [-0.15, -0.1) is 11.3 Å². The minimum atomic E-state index is 0.731. The van der Waals surface area contributed by atoms with Gasteiger partial charge in [0.1, 0.15) is 0 Å². The highest BCUT2D eigenvalue weighted by Crippen LogP contribution is 2.29. The lowest BCUT2D eigenvalue weighted by atomic mass is 10.4. The molecule has 0 amide bonds. The topological polar surface area (TPSA) is 17.3 Å². The minimum Gasteiger partial charge on any atom is -0.298 e. The Balaban J connectivity index is 2.29. The van der Waals surface area contributed by atoms with Crippen molar-refractivity contribution in [1.82, 2.24) is 9.38 Å². The van der Waals surface area contributed by atoms with E-state index in [0.29, 0.717) is 0 Å². The summed E-state index contributed by atoms with van der Waals surface area (Å²) in [5.74, 6) is 0.954. The number of aromatic nitrogens is 2. The van der Waals surface area contributed by atoms with Crippen molar-refractivity contribution in [3.05, 3.63) is 46.6 Å². The third-order valence-corrected chi connectivity index (χ3v) is 3.80. The molecule has 3 rings (SSSR count). The highest BCUT2D eigenvalue weighted by Gasteiger charge is 2.09. The van der Waals surface area contributed by atoms with Crippen LogP contribution in [0.5, 0.6) is 0 Å². The number of halogens is 1. The Kier molecular flexibility index (Phi) is 2.23. The summed E-state index contributed by atoms with van der Waals surface area (Å²) in [6, 6.07) is 8.00. The average Bonchev–Trinajstić information content (AvgIpc) is 2.84. The first kappa shape index (κ1) is 9.87. The van der Waals surface area contributed by atoms with Crippen molar-refractivity contribution >= 4 is 28.5 Å². The summed E-state index contributed by atoms with van der Waals surface area (Å²) in [7, 11) is 0. The zero-order valence-electron chi connectivity index (χ0n) is 8.64. The summed E-state index contributed by atoms with van der Waals surface area (Å²) < 4.78 is 2.02. The van der Waals surface area contributed by atoms with Crippen molar-refractivity contribution in [2.75, 3.05) is 0 Å². The Bertz CT molecular complexity index is 654. The molecule has 0 aliphatic carbocycles. The maximum atomic E-state index is 6.11. The Morgan fingerprint density at radius 3 is 2.94 bits per heavy atom. The first-order chi connectivity index (χ1) is 7.75. The molecule has 0 aliphatic rings. The second-order valence-electron chi connectivity index (χ2n) is 3.60. The van der Waals surface area contributed by atoms with Gasteiger partial charge < -0.3 is 0 Å². The number of thiophene rings is 1. The molecule has 0 N–H and O–H groups in total. The van der Waals surface area contributed by atoms with Crippen LogP contribution in [0.15, 0.2) is 36.7 Å². The van der Waals surface area contributed by atoms with Crippen molar-refractivity contribution in [1.29, 1.82) is 0 Å². The number of nitrogens with zero attached hydrogens (tertiary/aromatic N) is 2. The zero-order valence-corrected chi connectivity index (χ0v) is 10.2. The van der Waals surface area contributed by atoms with Gasteiger partial charge in [-0.05, 0) is 31.2 Å². The van der Waals surface area contributed by atoms with Crippen LogP contribution in [0.4, 0.5) is 0 Å². The summed E-state index contributed by atoms with van der Waals surface area (Å²) in [6.45, 7) is 2.09. The fraction of sp³-hybridized carbons (Fsp3) is 0.0833. The Morgan fingerprint density at radius 1 is 1.31 bits per heavy atom. The second-order valence-corrected chi connectivity index (χ2v) is 5.30. The maximum absolute atomic E-state index is 6.11. The van der Waals surface area contributed by atoms with E-state index in [1.165, 1.54) is 9.75 Å². The summed E-state index contributed by atoms with van der Waals surface area (Å²) in [5, 5.41) is 0.731. The number of hydrogen-bond acceptors (Lipinski definition) is 2. The highest BCUT2D eigenvalue weighted by molar-refractivity contribution is 7.15. The van der Waals surface area contributed by atoms with Gasteiger partial charge in [-0.3, -0.25) is 4.40 Å². The maximum Gasteiger partial charge on any atom is 0.154 e. The quantitative estimate of drug-likeness (QED) is 0.636. The van der Waals surface area contributed by atoms with Gasteiger partial charge in [0.2, 0.25) is 0 Å². The van der Waals surface area contributed by atoms with Gasteiger partial charge in [0.05, 0.1) is 21.6 Å². The monoisotopic (exact) mass is 248 g/mol. The van der Waals surface area contributed by atoms with E-state index in [-0.39, 0.29) is 0 Å². The number of pyridine rings is 1. The van der Waals surface area contributed by atoms with Gasteiger partial charge in [0, 0.05) is 11.1 Å². The van der Waals surface area contributed by atoms with Crippen LogP contribution in [0.1, 0.15) is 4.88 Å². The number of fused-ring (bicyclic) bond motifs is 1. The van der Waals surface area contributed by atoms with Crippen molar-refractivity contribution in [2.45, 2.75) is 6.92 Å². The molecule has 0 radical (unpaired) electrons. The third kappa shape index (κ3) is 1.44. The number of hydrogen-bond donors (Lipinski definition) is 0. The van der Waals surface area contributed by atoms with Crippen LogP contribution in [0, 0.1) is 6.92 Å². The molecule has 0 aliphatic heterocycles. The third-order valence-electron chi connectivity index (χ3n) is 2.48. The molecule has 0 saturated carbocycles. The molecule has 3 aromatic heterocycles. The summed E-state index contributed by atoms with van der Waals surface area (Å²) >= 11 is 7.85. The molecule has 3 aromatic rings. The summed E-state index contributed by atoms with van der Waals surface area (Å²) in [6.07, 6.45) is 3.80. The predicted molar refractivity (Wildman–Crippen MR) is 68.3 cm³/mol. The summed E-state index contributed by atoms with van der Waals surface area (Å²) in [5.41, 5.74) is 0.949. The van der Waals surface area contributed by atoms with E-state index in [9.17, 15) is 0 Å². The molecule has 16 heavy (non-hydrogen) atoms. The lowest BCUT2D eigenvalue weighted by molar-refractivity contribution is 1.17. The normalized spacial score (nSPS) is 11.1. The van der Waals surface area contributed by atoms with E-state index in [1.807, 2.05) is 28.9 Å². The largest absolute Gasteiger partial charge is 0.298 e. The van der Waals surface area contributed by atoms with Gasteiger partial charge in [-0.1, -0.05) is 11.6 Å². The van der Waals surface area contributed by atoms with Crippen molar-refractivity contribution < 1.29 is 0 Å². The van der Waals surface area contributed by atoms with Gasteiger partial charge >= 0.3 is 0 Å². The fourth-order valence-corrected chi connectivity index (χ4v) is 2.80. The van der Waals surface area contributed by atoms with Gasteiger partial charge in [-0.2, -0.15) is 0 Å². The molecule has 80 valence electrons. The lowest BCUT2D eigenvalue weighted by Gasteiger charge is -1.99. The minimum absolute atomic E-state index is 0.731. The Morgan fingerprint density at radius 2 is 2.19 bits per heavy atom. The van der Waals surface area contributed by atoms with Crippen molar-refractivity contribution in [3.63, 3.8) is 0 Å². The second kappa shape index (κ2) is 3.61. The van der Waals surface area contributed by atoms with Crippen LogP contribution in [-0.4, -0.2) is 9.38 Å². The van der Waals surface area contributed by atoms with E-state index in [4.69, 9.17) is 11.6 Å². The van der Waals surface area contributed by atoms with Crippen LogP contribution >= 0.6 is 22.9 Å². The van der Waals surface area contributed by atoms with Crippen LogP contribution in [-0.2, 0) is 0 Å². The SMILES string of the molecule is Cc1ccc(-c2ncc3c(Cl)cccn23)s1. The van der Waals surface area contributed by atoms with E-state index in [2.05, 4.69) is 24.0 Å². The summed E-state index contributed by atoms with van der Waals surface area (Å²) in [4.78, 5) is 6.88. The molecule has 0 saturated heterocycles. The van der Waals surface area contributed by atoms with E-state index in [0.717, 1.165) is 16.4 Å². The van der Waals surface area contributed by atoms with Crippen LogP contribution in [0.25, 0.3) is 16.2 Å². The number of aryl methyl sites for hydroxylation is 1. The van der Waals surface area contributed by atoms with Gasteiger partial charge in [0.25, 0.3) is 0 Å². The molecule has 0 fully saturated rings. The molecule has 4 heteroatoms. The first-order valence-electron chi connectivity index (χ1n) is 4.94. The van der Waals surface area contributed by atoms with Crippen molar-refractivity contribution in [3.8, 4) is 10.7 Å². The molecular formula is C12H9ClN2S. The predicted octanol–water partition coefficient (Wildman–Crippen LogP) is 4.02. The molecular weight excluding hydrogens is 240 g/mol. The molecule has 0 bridgehead atoms. The lowest BCUT2D eigenvalue weighted by Crippen LogP contribution is -1.86. The Hall–Kier alpha value is -1.32. The van der Waals surface area contributed by atoms with Gasteiger partial charge in [0.15, 0.2) is 5.82 Å². The highest BCUT2D eigenvalue weighted by atomic mass is 35.5. The molecule has 0 spiro atoms. The van der Waals surface area contributed by atoms with Crippen molar-refractivity contribution in [2.24, 2.45) is 0 Å². The number of imidazole rings is 1. The fourth-order valence-electron chi connectivity index (χ4n) is 1.72. The van der Waals surface area contributed by atoms with Crippen LogP contribution in [0.3, 0.4) is 0 Å². The molecule has 0 aromatic carbocycles. The molecule has 0 atom stereocenters. The zero-order chi connectivity index (χ0) is 11.1.